The van der Waals surface area contributed by atoms with Gasteiger partial charge in [-0.05, 0) is 31.0 Å². The summed E-state index contributed by atoms with van der Waals surface area (Å²) in [5.74, 6) is 1.45. The topological polar surface area (TPSA) is 58.3 Å². The second-order valence-corrected chi connectivity index (χ2v) is 8.50. The van der Waals surface area contributed by atoms with E-state index in [4.69, 9.17) is 9.51 Å². The Kier molecular flexibility index (Phi) is 5.95. The van der Waals surface area contributed by atoms with Crippen LogP contribution in [0.1, 0.15) is 23.6 Å². The van der Waals surface area contributed by atoms with Crippen LogP contribution in [-0.4, -0.2) is 46.2 Å². The number of alkyl halides is 3. The molecule has 0 unspecified atom stereocenters. The molecule has 0 aliphatic carbocycles. The summed E-state index contributed by atoms with van der Waals surface area (Å²) < 4.78 is 45.6. The number of hydrogen-bond donors (Lipinski definition) is 0. The molecule has 0 spiro atoms. The first-order chi connectivity index (χ1) is 16.4. The van der Waals surface area contributed by atoms with Crippen molar-refractivity contribution in [1.82, 2.24) is 20.0 Å². The summed E-state index contributed by atoms with van der Waals surface area (Å²) in [5, 5.41) is 4.70. The van der Waals surface area contributed by atoms with Crippen LogP contribution >= 0.6 is 0 Å². The predicted octanol–water partition coefficient (Wildman–Crippen LogP) is 5.32. The van der Waals surface area contributed by atoms with Crippen LogP contribution in [0.3, 0.4) is 0 Å². The van der Waals surface area contributed by atoms with Crippen LogP contribution in [0, 0.1) is 6.92 Å². The highest BCUT2D eigenvalue weighted by atomic mass is 19.4. The molecule has 0 radical (unpaired) electrons. The minimum Gasteiger partial charge on any atom is -0.361 e. The zero-order valence-electron chi connectivity index (χ0n) is 18.7. The molecule has 1 aromatic carbocycles. The number of aromatic nitrogens is 3. The molecule has 5 rings (SSSR count). The largest absolute Gasteiger partial charge is 0.433 e. The zero-order valence-corrected chi connectivity index (χ0v) is 18.7. The average molecular weight is 467 g/mol. The maximum absolute atomic E-state index is 13.5. The third kappa shape index (κ3) is 4.61. The molecule has 0 atom stereocenters. The van der Waals surface area contributed by atoms with Gasteiger partial charge in [0.25, 0.3) is 0 Å². The number of hydrogen-bond acceptors (Lipinski definition) is 6. The number of anilines is 1. The lowest BCUT2D eigenvalue weighted by Crippen LogP contribution is -2.31. The first-order valence-corrected chi connectivity index (χ1v) is 11.2. The maximum atomic E-state index is 13.5. The molecule has 0 amide bonds. The molecule has 34 heavy (non-hydrogen) atoms. The highest BCUT2D eigenvalue weighted by molar-refractivity contribution is 5.99. The number of aryl methyl sites for hydroxylation is 1. The van der Waals surface area contributed by atoms with Crippen molar-refractivity contribution in [2.24, 2.45) is 0 Å². The molecule has 1 saturated heterocycles. The van der Waals surface area contributed by atoms with Crippen molar-refractivity contribution < 1.29 is 17.7 Å². The van der Waals surface area contributed by atoms with Gasteiger partial charge in [-0.3, -0.25) is 4.90 Å². The fourth-order valence-electron chi connectivity index (χ4n) is 4.40. The predicted molar refractivity (Wildman–Crippen MR) is 123 cm³/mol. The van der Waals surface area contributed by atoms with E-state index in [9.17, 15) is 13.2 Å². The number of halogens is 3. The Morgan fingerprint density at radius 3 is 2.56 bits per heavy atom. The van der Waals surface area contributed by atoms with Crippen molar-refractivity contribution in [3.8, 4) is 11.1 Å². The number of nitrogens with zero attached hydrogens (tertiary/aromatic N) is 5. The molecule has 1 aliphatic heterocycles. The van der Waals surface area contributed by atoms with Crippen LogP contribution in [0.4, 0.5) is 19.0 Å². The molecule has 176 valence electrons. The van der Waals surface area contributed by atoms with E-state index in [1.54, 1.807) is 6.20 Å². The van der Waals surface area contributed by atoms with Gasteiger partial charge in [-0.25, -0.2) is 9.97 Å². The van der Waals surface area contributed by atoms with E-state index in [1.165, 1.54) is 6.07 Å². The van der Waals surface area contributed by atoms with Gasteiger partial charge in [-0.1, -0.05) is 35.5 Å². The molecule has 9 heteroatoms. The van der Waals surface area contributed by atoms with Gasteiger partial charge in [0.05, 0.1) is 11.2 Å². The minimum absolute atomic E-state index is 0.310. The lowest BCUT2D eigenvalue weighted by molar-refractivity contribution is -0.140. The Balaban J connectivity index is 1.48. The summed E-state index contributed by atoms with van der Waals surface area (Å²) in [7, 11) is 0. The maximum Gasteiger partial charge on any atom is 0.433 e. The van der Waals surface area contributed by atoms with E-state index >= 15 is 0 Å². The van der Waals surface area contributed by atoms with Gasteiger partial charge in [0.1, 0.15) is 17.3 Å². The smallest absolute Gasteiger partial charge is 0.361 e. The highest BCUT2D eigenvalue weighted by Crippen LogP contribution is 2.36. The first-order valence-electron chi connectivity index (χ1n) is 11.2. The second-order valence-electron chi connectivity index (χ2n) is 8.50. The number of fused-ring (bicyclic) bond motifs is 1. The van der Waals surface area contributed by atoms with E-state index in [0.717, 1.165) is 49.1 Å². The van der Waals surface area contributed by atoms with Crippen molar-refractivity contribution in [3.63, 3.8) is 0 Å². The normalized spacial score (nSPS) is 15.6. The van der Waals surface area contributed by atoms with E-state index in [1.807, 2.05) is 43.3 Å². The monoisotopic (exact) mass is 467 g/mol. The number of benzene rings is 1. The Morgan fingerprint density at radius 1 is 1.00 bits per heavy atom. The molecule has 1 fully saturated rings. The van der Waals surface area contributed by atoms with Gasteiger partial charge in [-0.2, -0.15) is 13.2 Å². The standard InChI is InChI=1S/C25H24F3N5O/c1-17-14-19(31-34-17)16-32-10-5-11-33(13-12-32)24-20-8-9-22(25(26,27)28)30-23(20)21(15-29-24)18-6-3-2-4-7-18/h2-4,6-9,14-15H,5,10-13,16H2,1H3. The van der Waals surface area contributed by atoms with Gasteiger partial charge in [-0.15, -0.1) is 0 Å². The molecular formula is C25H24F3N5O. The summed E-state index contributed by atoms with van der Waals surface area (Å²) in [6, 6.07) is 13.8. The van der Waals surface area contributed by atoms with Gasteiger partial charge >= 0.3 is 6.18 Å². The molecule has 6 nitrogen and oxygen atoms in total. The van der Waals surface area contributed by atoms with Crippen LogP contribution < -0.4 is 4.90 Å². The van der Waals surface area contributed by atoms with Gasteiger partial charge in [0, 0.05) is 55.9 Å². The molecule has 0 bridgehead atoms. The Morgan fingerprint density at radius 2 is 1.82 bits per heavy atom. The van der Waals surface area contributed by atoms with Crippen LogP contribution in [0.5, 0.6) is 0 Å². The van der Waals surface area contributed by atoms with Crippen LogP contribution in [-0.2, 0) is 12.7 Å². The summed E-state index contributed by atoms with van der Waals surface area (Å²) in [6.45, 7) is 5.69. The van der Waals surface area contributed by atoms with Crippen molar-refractivity contribution in [3.05, 3.63) is 71.9 Å². The van der Waals surface area contributed by atoms with E-state index in [2.05, 4.69) is 19.9 Å². The summed E-state index contributed by atoms with van der Waals surface area (Å²) >= 11 is 0. The van der Waals surface area contributed by atoms with Crippen LogP contribution in [0.2, 0.25) is 0 Å². The quantitative estimate of drug-likeness (QED) is 0.405. The second kappa shape index (κ2) is 9.06. The number of rotatable bonds is 4. The van der Waals surface area contributed by atoms with E-state index in [0.29, 0.717) is 35.4 Å². The van der Waals surface area contributed by atoms with Crippen LogP contribution in [0.15, 0.2) is 59.3 Å². The molecule has 0 N–H and O–H groups in total. The van der Waals surface area contributed by atoms with Gasteiger partial charge < -0.3 is 9.42 Å². The Bertz CT molecular complexity index is 1290. The highest BCUT2D eigenvalue weighted by Gasteiger charge is 2.33. The van der Waals surface area contributed by atoms with Crippen molar-refractivity contribution in [2.75, 3.05) is 31.1 Å². The van der Waals surface area contributed by atoms with Gasteiger partial charge in [0.2, 0.25) is 0 Å². The van der Waals surface area contributed by atoms with Gasteiger partial charge in [0.15, 0.2) is 0 Å². The number of pyridine rings is 2. The molecule has 4 aromatic rings. The van der Waals surface area contributed by atoms with Crippen molar-refractivity contribution in [1.29, 1.82) is 0 Å². The molecule has 4 heterocycles. The van der Waals surface area contributed by atoms with E-state index in [-0.39, 0.29) is 0 Å². The summed E-state index contributed by atoms with van der Waals surface area (Å²) in [6.07, 6.45) is -1.98. The lowest BCUT2D eigenvalue weighted by Gasteiger charge is -2.24. The fraction of sp³-hybridized carbons (Fsp3) is 0.320. The summed E-state index contributed by atoms with van der Waals surface area (Å²) in [4.78, 5) is 13.2. The lowest BCUT2D eigenvalue weighted by atomic mass is 10.0. The fourth-order valence-corrected chi connectivity index (χ4v) is 4.40. The minimum atomic E-state index is -4.52. The van der Waals surface area contributed by atoms with E-state index < -0.39 is 11.9 Å². The SMILES string of the molecule is Cc1cc(CN2CCCN(c3ncc(-c4ccccc4)c4nc(C(F)(F)F)ccc34)CC2)no1. The Hall–Kier alpha value is -3.46. The third-order valence-corrected chi connectivity index (χ3v) is 6.03. The first kappa shape index (κ1) is 22.3. The van der Waals surface area contributed by atoms with Crippen molar-refractivity contribution in [2.45, 2.75) is 26.1 Å². The average Bonchev–Trinajstić information content (AvgIpc) is 3.10. The molecule has 0 saturated carbocycles. The molecule has 3 aromatic heterocycles. The molecular weight excluding hydrogens is 443 g/mol. The molecule has 1 aliphatic rings. The van der Waals surface area contributed by atoms with Crippen LogP contribution in [0.25, 0.3) is 22.0 Å². The third-order valence-electron chi connectivity index (χ3n) is 6.03. The Labute approximate surface area is 195 Å². The summed E-state index contributed by atoms with van der Waals surface area (Å²) in [5.41, 5.74) is 1.67. The van der Waals surface area contributed by atoms with Crippen molar-refractivity contribution >= 4 is 16.7 Å². The zero-order chi connectivity index (χ0) is 23.7.